The Morgan fingerprint density at radius 1 is 1.11 bits per heavy atom. The number of para-hydroxylation sites is 1. The van der Waals surface area contributed by atoms with Crippen LogP contribution in [-0.2, 0) is 27.7 Å². The molecule has 1 aromatic heterocycles. The molecule has 1 amide bonds. The number of halogens is 1. The van der Waals surface area contributed by atoms with Gasteiger partial charge in [-0.1, -0.05) is 41.7 Å². The van der Waals surface area contributed by atoms with Gasteiger partial charge in [0.1, 0.15) is 10.8 Å². The molecule has 1 heterocycles. The van der Waals surface area contributed by atoms with Crippen molar-refractivity contribution in [3.63, 3.8) is 0 Å². The van der Waals surface area contributed by atoms with E-state index in [4.69, 9.17) is 0 Å². The third kappa shape index (κ3) is 5.83. The monoisotopic (exact) mass is 420 g/mol. The molecule has 0 unspecified atom stereocenters. The summed E-state index contributed by atoms with van der Waals surface area (Å²) < 4.78 is 38.3. The zero-order chi connectivity index (χ0) is 20.1. The number of aromatic nitrogens is 2. The highest BCUT2D eigenvalue weighted by Gasteiger charge is 2.13. The van der Waals surface area contributed by atoms with Crippen molar-refractivity contribution >= 4 is 38.1 Å². The van der Waals surface area contributed by atoms with Crippen LogP contribution in [0, 0.1) is 5.82 Å². The second kappa shape index (κ2) is 8.44. The Bertz CT molecular complexity index is 1080. The normalized spacial score (nSPS) is 11.2. The summed E-state index contributed by atoms with van der Waals surface area (Å²) in [6.45, 7) is 0. The second-order valence-electron chi connectivity index (χ2n) is 6.06. The Morgan fingerprint density at radius 3 is 2.54 bits per heavy atom. The van der Waals surface area contributed by atoms with Gasteiger partial charge in [0.15, 0.2) is 0 Å². The number of amides is 1. The highest BCUT2D eigenvalue weighted by molar-refractivity contribution is 7.92. The first kappa shape index (κ1) is 19.9. The summed E-state index contributed by atoms with van der Waals surface area (Å²) in [7, 11) is -3.45. The first-order valence-electron chi connectivity index (χ1n) is 8.21. The van der Waals surface area contributed by atoms with Crippen LogP contribution < -0.4 is 10.0 Å². The fourth-order valence-electron chi connectivity index (χ4n) is 2.46. The van der Waals surface area contributed by atoms with Crippen LogP contribution in [0.4, 0.5) is 15.2 Å². The maximum Gasteiger partial charge on any atom is 0.230 e. The average Bonchev–Trinajstić information content (AvgIpc) is 3.04. The number of benzene rings is 2. The molecule has 2 aromatic carbocycles. The Hall–Kier alpha value is -2.85. The van der Waals surface area contributed by atoms with Crippen molar-refractivity contribution in [3.8, 4) is 0 Å². The molecule has 0 radical (unpaired) electrons. The van der Waals surface area contributed by atoms with Crippen LogP contribution in [0.1, 0.15) is 16.1 Å². The van der Waals surface area contributed by atoms with Gasteiger partial charge >= 0.3 is 0 Å². The predicted octanol–water partition coefficient (Wildman–Crippen LogP) is 2.82. The molecule has 0 saturated heterocycles. The van der Waals surface area contributed by atoms with Crippen molar-refractivity contribution in [2.45, 2.75) is 12.8 Å². The van der Waals surface area contributed by atoms with E-state index >= 15 is 0 Å². The molecule has 10 heteroatoms. The standard InChI is InChI=1S/C18H17FN4O3S2/c1-28(25,26)23-15-5-3-2-4-13(15)11-16(24)20-18-22-21-17(27-18)10-12-6-8-14(19)9-7-12/h2-9,23H,10-11H2,1H3,(H,20,22,24). The third-order valence-electron chi connectivity index (χ3n) is 3.65. The van der Waals surface area contributed by atoms with Gasteiger partial charge in [0.2, 0.25) is 21.1 Å². The fraction of sp³-hybridized carbons (Fsp3) is 0.167. The molecule has 2 N–H and O–H groups in total. The van der Waals surface area contributed by atoms with Crippen molar-refractivity contribution in [3.05, 3.63) is 70.5 Å². The summed E-state index contributed by atoms with van der Waals surface area (Å²) in [4.78, 5) is 12.3. The maximum absolute atomic E-state index is 13.0. The van der Waals surface area contributed by atoms with Crippen LogP contribution in [0.2, 0.25) is 0 Å². The third-order valence-corrected chi connectivity index (χ3v) is 5.07. The molecule has 0 spiro atoms. The SMILES string of the molecule is CS(=O)(=O)Nc1ccccc1CC(=O)Nc1nnc(Cc2ccc(F)cc2)s1. The number of sulfonamides is 1. The highest BCUT2D eigenvalue weighted by Crippen LogP contribution is 2.21. The molecule has 7 nitrogen and oxygen atoms in total. The Labute approximate surface area is 165 Å². The molecule has 0 aliphatic heterocycles. The number of carbonyl (C=O) groups is 1. The number of anilines is 2. The molecule has 0 saturated carbocycles. The quantitative estimate of drug-likeness (QED) is 0.612. The van der Waals surface area contributed by atoms with E-state index in [1.54, 1.807) is 36.4 Å². The van der Waals surface area contributed by atoms with Crippen molar-refractivity contribution in [2.24, 2.45) is 0 Å². The lowest BCUT2D eigenvalue weighted by Gasteiger charge is -2.10. The van der Waals surface area contributed by atoms with Crippen LogP contribution in [0.5, 0.6) is 0 Å². The van der Waals surface area contributed by atoms with E-state index in [1.807, 2.05) is 0 Å². The Morgan fingerprint density at radius 2 is 1.82 bits per heavy atom. The van der Waals surface area contributed by atoms with Gasteiger partial charge in [-0.05, 0) is 29.3 Å². The molecule has 0 aliphatic carbocycles. The van der Waals surface area contributed by atoms with Crippen molar-refractivity contribution in [1.82, 2.24) is 10.2 Å². The molecule has 3 aromatic rings. The molecule has 0 atom stereocenters. The van der Waals surface area contributed by atoms with Gasteiger partial charge in [0, 0.05) is 6.42 Å². The Kier molecular flexibility index (Phi) is 6.00. The zero-order valence-electron chi connectivity index (χ0n) is 14.8. The van der Waals surface area contributed by atoms with Crippen LogP contribution >= 0.6 is 11.3 Å². The van der Waals surface area contributed by atoms with Crippen LogP contribution in [0.15, 0.2) is 48.5 Å². The zero-order valence-corrected chi connectivity index (χ0v) is 16.5. The van der Waals surface area contributed by atoms with E-state index in [2.05, 4.69) is 20.2 Å². The van der Waals surface area contributed by atoms with Crippen molar-refractivity contribution in [1.29, 1.82) is 0 Å². The Balaban J connectivity index is 1.63. The van der Waals surface area contributed by atoms with Crippen LogP contribution in [0.25, 0.3) is 0 Å². The largest absolute Gasteiger partial charge is 0.300 e. The lowest BCUT2D eigenvalue weighted by Crippen LogP contribution is -2.17. The lowest BCUT2D eigenvalue weighted by atomic mass is 10.1. The van der Waals surface area contributed by atoms with Gasteiger partial charge < -0.3 is 5.32 Å². The van der Waals surface area contributed by atoms with E-state index in [1.165, 1.54) is 23.5 Å². The molecule has 0 aliphatic rings. The molecule has 0 fully saturated rings. The number of nitrogens with one attached hydrogen (secondary N) is 2. The summed E-state index contributed by atoms with van der Waals surface area (Å²) >= 11 is 1.23. The first-order chi connectivity index (χ1) is 13.3. The number of rotatable bonds is 7. The molecular formula is C18H17FN4O3S2. The van der Waals surface area contributed by atoms with E-state index < -0.39 is 10.0 Å². The van der Waals surface area contributed by atoms with Gasteiger partial charge in [-0.3, -0.25) is 9.52 Å². The summed E-state index contributed by atoms with van der Waals surface area (Å²) in [6.07, 6.45) is 1.51. The molecule has 0 bridgehead atoms. The molecule has 28 heavy (non-hydrogen) atoms. The molecule has 146 valence electrons. The minimum atomic E-state index is -3.45. The minimum absolute atomic E-state index is 0.0223. The summed E-state index contributed by atoms with van der Waals surface area (Å²) in [5, 5.41) is 11.7. The van der Waals surface area contributed by atoms with Crippen molar-refractivity contribution < 1.29 is 17.6 Å². The second-order valence-corrected chi connectivity index (χ2v) is 8.87. The molecule has 3 rings (SSSR count). The molecular weight excluding hydrogens is 403 g/mol. The van der Waals surface area contributed by atoms with Crippen molar-refractivity contribution in [2.75, 3.05) is 16.3 Å². The van der Waals surface area contributed by atoms with Crippen LogP contribution in [0.3, 0.4) is 0 Å². The van der Waals surface area contributed by atoms with Gasteiger partial charge in [0.05, 0.1) is 18.4 Å². The summed E-state index contributed by atoms with van der Waals surface area (Å²) in [6, 6.07) is 12.8. The summed E-state index contributed by atoms with van der Waals surface area (Å²) in [5.74, 6) is -0.646. The predicted molar refractivity (Wildman–Crippen MR) is 106 cm³/mol. The smallest absolute Gasteiger partial charge is 0.230 e. The highest BCUT2D eigenvalue weighted by atomic mass is 32.2. The van der Waals surface area contributed by atoms with Gasteiger partial charge in [-0.15, -0.1) is 10.2 Å². The van der Waals surface area contributed by atoms with E-state index in [9.17, 15) is 17.6 Å². The minimum Gasteiger partial charge on any atom is -0.300 e. The first-order valence-corrected chi connectivity index (χ1v) is 10.9. The number of nitrogens with zero attached hydrogens (tertiary/aromatic N) is 2. The van der Waals surface area contributed by atoms with Crippen LogP contribution in [-0.4, -0.2) is 30.8 Å². The van der Waals surface area contributed by atoms with Gasteiger partial charge in [-0.2, -0.15) is 0 Å². The maximum atomic E-state index is 13.0. The van der Waals surface area contributed by atoms with E-state index in [0.29, 0.717) is 27.8 Å². The van der Waals surface area contributed by atoms with E-state index in [-0.39, 0.29) is 18.1 Å². The number of carbonyl (C=O) groups excluding carboxylic acids is 1. The fourth-order valence-corrected chi connectivity index (χ4v) is 3.85. The van der Waals surface area contributed by atoms with E-state index in [0.717, 1.165) is 11.8 Å². The number of hydrogen-bond acceptors (Lipinski definition) is 6. The average molecular weight is 420 g/mol. The lowest BCUT2D eigenvalue weighted by molar-refractivity contribution is -0.115. The summed E-state index contributed by atoms with van der Waals surface area (Å²) in [5.41, 5.74) is 1.78. The van der Waals surface area contributed by atoms with Gasteiger partial charge in [-0.25, -0.2) is 12.8 Å². The number of hydrogen-bond donors (Lipinski definition) is 2. The van der Waals surface area contributed by atoms with Gasteiger partial charge in [0.25, 0.3) is 0 Å². The topological polar surface area (TPSA) is 101 Å².